The van der Waals surface area contributed by atoms with E-state index in [2.05, 4.69) is 15.4 Å². The number of hydrogen-bond donors (Lipinski definition) is 1. The number of aromatic nitrogens is 3. The maximum atomic E-state index is 12.8. The van der Waals surface area contributed by atoms with Gasteiger partial charge in [-0.1, -0.05) is 0 Å². The first-order chi connectivity index (χ1) is 9.31. The molecule has 0 aliphatic carbocycles. The Morgan fingerprint density at radius 3 is 3.05 bits per heavy atom. The highest BCUT2D eigenvalue weighted by atomic mass is 19.1. The van der Waals surface area contributed by atoms with Crippen LogP contribution in [-0.4, -0.2) is 34.1 Å². The minimum absolute atomic E-state index is 0.00248. The van der Waals surface area contributed by atoms with Crippen molar-refractivity contribution in [2.24, 2.45) is 0 Å². The zero-order chi connectivity index (χ0) is 13.1. The number of ether oxygens (including phenoxy) is 1. The molecule has 1 unspecified atom stereocenters. The fraction of sp³-hybridized carbons (Fsp3) is 0.385. The Balaban J connectivity index is 1.70. The van der Waals surface area contributed by atoms with Crippen molar-refractivity contribution in [1.82, 2.24) is 20.1 Å². The molecule has 1 aliphatic rings. The molecule has 5 nitrogen and oxygen atoms in total. The molecule has 2 aromatic heterocycles. The van der Waals surface area contributed by atoms with Crippen molar-refractivity contribution in [3.05, 3.63) is 36.4 Å². The van der Waals surface area contributed by atoms with Crippen LogP contribution in [0, 0.1) is 5.82 Å². The van der Waals surface area contributed by atoms with Gasteiger partial charge in [-0.3, -0.25) is 15.0 Å². The molecule has 0 spiro atoms. The van der Waals surface area contributed by atoms with Crippen LogP contribution in [0.2, 0.25) is 0 Å². The molecule has 2 aromatic rings. The Kier molecular flexibility index (Phi) is 3.52. The second-order valence-corrected chi connectivity index (χ2v) is 4.45. The van der Waals surface area contributed by atoms with Crippen molar-refractivity contribution >= 4 is 0 Å². The van der Waals surface area contributed by atoms with E-state index in [4.69, 9.17) is 4.74 Å². The molecule has 0 saturated carbocycles. The Morgan fingerprint density at radius 2 is 2.32 bits per heavy atom. The Labute approximate surface area is 110 Å². The second kappa shape index (κ2) is 5.46. The molecule has 1 aliphatic heterocycles. The number of nitrogens with one attached hydrogen (secondary N) is 1. The zero-order valence-electron chi connectivity index (χ0n) is 10.4. The van der Waals surface area contributed by atoms with E-state index in [-0.39, 0.29) is 12.0 Å². The number of nitrogens with zero attached hydrogens (tertiary/aromatic N) is 3. The summed E-state index contributed by atoms with van der Waals surface area (Å²) in [5, 5.41) is 7.69. The van der Waals surface area contributed by atoms with Gasteiger partial charge in [0.2, 0.25) is 0 Å². The molecule has 3 heterocycles. The summed E-state index contributed by atoms with van der Waals surface area (Å²) in [5.74, 6) is -0.344. The SMILES string of the molecule is Fc1ccc(-c2ccn(CC3NCCCO3)n2)nc1. The van der Waals surface area contributed by atoms with E-state index in [0.29, 0.717) is 12.2 Å². The molecule has 0 radical (unpaired) electrons. The van der Waals surface area contributed by atoms with E-state index in [1.807, 2.05) is 16.9 Å². The molecule has 6 heteroatoms. The van der Waals surface area contributed by atoms with Crippen molar-refractivity contribution in [1.29, 1.82) is 0 Å². The highest BCUT2D eigenvalue weighted by Crippen LogP contribution is 2.14. The average Bonchev–Trinajstić information content (AvgIpc) is 2.89. The topological polar surface area (TPSA) is 52.0 Å². The summed E-state index contributed by atoms with van der Waals surface area (Å²) in [6.45, 7) is 2.41. The molecule has 1 atom stereocenters. The fourth-order valence-electron chi connectivity index (χ4n) is 2.03. The highest BCUT2D eigenvalue weighted by molar-refractivity contribution is 5.52. The third-order valence-corrected chi connectivity index (χ3v) is 3.00. The van der Waals surface area contributed by atoms with E-state index >= 15 is 0 Å². The van der Waals surface area contributed by atoms with Gasteiger partial charge >= 0.3 is 0 Å². The predicted octanol–water partition coefficient (Wildman–Crippen LogP) is 1.42. The number of pyridine rings is 1. The number of rotatable bonds is 3. The van der Waals surface area contributed by atoms with Gasteiger partial charge in [0.25, 0.3) is 0 Å². The Hall–Kier alpha value is -1.79. The standard InChI is InChI=1S/C13H15FN4O/c14-10-2-3-11(16-8-10)12-4-6-18(17-12)9-13-15-5-1-7-19-13/h2-4,6,8,13,15H,1,5,7,9H2. The third kappa shape index (κ3) is 2.97. The summed E-state index contributed by atoms with van der Waals surface area (Å²) < 4.78 is 20.2. The van der Waals surface area contributed by atoms with Crippen LogP contribution in [0.3, 0.4) is 0 Å². The molecule has 19 heavy (non-hydrogen) atoms. The second-order valence-electron chi connectivity index (χ2n) is 4.45. The van der Waals surface area contributed by atoms with Crippen molar-refractivity contribution in [3.8, 4) is 11.4 Å². The maximum absolute atomic E-state index is 12.8. The Bertz CT molecular complexity index is 534. The van der Waals surface area contributed by atoms with Crippen LogP contribution in [-0.2, 0) is 11.3 Å². The summed E-state index contributed by atoms with van der Waals surface area (Å²) in [6.07, 6.45) is 4.11. The van der Waals surface area contributed by atoms with Gasteiger partial charge in [-0.05, 0) is 31.2 Å². The molecule has 0 amide bonds. The van der Waals surface area contributed by atoms with E-state index in [9.17, 15) is 4.39 Å². The summed E-state index contributed by atoms with van der Waals surface area (Å²) in [4.78, 5) is 4.01. The molecular weight excluding hydrogens is 247 g/mol. The van der Waals surface area contributed by atoms with Crippen LogP contribution in [0.15, 0.2) is 30.6 Å². The van der Waals surface area contributed by atoms with E-state index in [1.165, 1.54) is 12.3 Å². The predicted molar refractivity (Wildman–Crippen MR) is 67.8 cm³/mol. The molecule has 3 rings (SSSR count). The lowest BCUT2D eigenvalue weighted by molar-refractivity contribution is -0.0108. The van der Waals surface area contributed by atoms with Gasteiger partial charge in [0.1, 0.15) is 17.7 Å². The van der Waals surface area contributed by atoms with Crippen LogP contribution in [0.25, 0.3) is 11.4 Å². The van der Waals surface area contributed by atoms with Gasteiger partial charge < -0.3 is 4.74 Å². The fourth-order valence-corrected chi connectivity index (χ4v) is 2.03. The van der Waals surface area contributed by atoms with Gasteiger partial charge in [-0.15, -0.1) is 0 Å². The number of halogens is 1. The van der Waals surface area contributed by atoms with E-state index in [1.54, 1.807) is 6.07 Å². The summed E-state index contributed by atoms with van der Waals surface area (Å²) >= 11 is 0. The molecule has 0 aromatic carbocycles. The first-order valence-electron chi connectivity index (χ1n) is 6.32. The molecule has 0 bridgehead atoms. The number of hydrogen-bond acceptors (Lipinski definition) is 4. The summed E-state index contributed by atoms with van der Waals surface area (Å²) in [6, 6.07) is 4.87. The van der Waals surface area contributed by atoms with Crippen LogP contribution >= 0.6 is 0 Å². The monoisotopic (exact) mass is 262 g/mol. The van der Waals surface area contributed by atoms with Gasteiger partial charge in [0.05, 0.1) is 18.4 Å². The molecule has 100 valence electrons. The quantitative estimate of drug-likeness (QED) is 0.909. The molecule has 1 fully saturated rings. The lowest BCUT2D eigenvalue weighted by Crippen LogP contribution is -2.41. The van der Waals surface area contributed by atoms with Crippen LogP contribution < -0.4 is 5.32 Å². The van der Waals surface area contributed by atoms with E-state index < -0.39 is 0 Å². The van der Waals surface area contributed by atoms with Gasteiger partial charge in [0.15, 0.2) is 0 Å². The summed E-state index contributed by atoms with van der Waals surface area (Å²) in [7, 11) is 0. The van der Waals surface area contributed by atoms with Crippen LogP contribution in [0.1, 0.15) is 6.42 Å². The first kappa shape index (κ1) is 12.3. The van der Waals surface area contributed by atoms with Gasteiger partial charge in [-0.25, -0.2) is 4.39 Å². The normalized spacial score (nSPS) is 19.5. The smallest absolute Gasteiger partial charge is 0.141 e. The van der Waals surface area contributed by atoms with Gasteiger partial charge in [-0.2, -0.15) is 5.10 Å². The van der Waals surface area contributed by atoms with Crippen molar-refractivity contribution < 1.29 is 9.13 Å². The highest BCUT2D eigenvalue weighted by Gasteiger charge is 2.14. The molecular formula is C13H15FN4O. The van der Waals surface area contributed by atoms with Crippen molar-refractivity contribution in [2.75, 3.05) is 13.2 Å². The third-order valence-electron chi connectivity index (χ3n) is 3.00. The Morgan fingerprint density at radius 1 is 1.37 bits per heavy atom. The largest absolute Gasteiger partial charge is 0.361 e. The van der Waals surface area contributed by atoms with Crippen molar-refractivity contribution in [2.45, 2.75) is 19.2 Å². The van der Waals surface area contributed by atoms with E-state index in [0.717, 1.165) is 25.3 Å². The minimum Gasteiger partial charge on any atom is -0.361 e. The van der Waals surface area contributed by atoms with Crippen LogP contribution in [0.5, 0.6) is 0 Å². The average molecular weight is 262 g/mol. The minimum atomic E-state index is -0.344. The van der Waals surface area contributed by atoms with Gasteiger partial charge in [0, 0.05) is 12.8 Å². The first-order valence-corrected chi connectivity index (χ1v) is 6.32. The summed E-state index contributed by atoms with van der Waals surface area (Å²) in [5.41, 5.74) is 1.40. The lowest BCUT2D eigenvalue weighted by atomic mass is 10.3. The van der Waals surface area contributed by atoms with Crippen LogP contribution in [0.4, 0.5) is 4.39 Å². The van der Waals surface area contributed by atoms with Crippen molar-refractivity contribution in [3.63, 3.8) is 0 Å². The lowest BCUT2D eigenvalue weighted by Gasteiger charge is -2.23. The maximum Gasteiger partial charge on any atom is 0.141 e. The molecule has 1 N–H and O–H groups in total. The molecule has 1 saturated heterocycles. The zero-order valence-corrected chi connectivity index (χ0v) is 10.4.